The fourth-order valence-electron chi connectivity index (χ4n) is 2.88. The third kappa shape index (κ3) is 2.49. The van der Waals surface area contributed by atoms with Crippen LogP contribution in [0.15, 0.2) is 24.3 Å². The van der Waals surface area contributed by atoms with Crippen molar-refractivity contribution in [3.63, 3.8) is 0 Å². The lowest BCUT2D eigenvalue weighted by molar-refractivity contribution is 0.194. The molecule has 0 saturated carbocycles. The summed E-state index contributed by atoms with van der Waals surface area (Å²) < 4.78 is 5.43. The average molecular weight is 295 g/mol. The largest absolute Gasteiger partial charge is 0.508 e. The smallest absolute Gasteiger partial charge is 0.142 e. The summed E-state index contributed by atoms with van der Waals surface area (Å²) in [6, 6.07) is 9.20. The number of nitrogens with two attached hydrogens (primary N) is 1. The molecule has 1 aliphatic heterocycles. The van der Waals surface area contributed by atoms with Crippen molar-refractivity contribution in [1.29, 1.82) is 5.26 Å². The summed E-state index contributed by atoms with van der Waals surface area (Å²) in [6.45, 7) is 3.21. The summed E-state index contributed by atoms with van der Waals surface area (Å²) in [4.78, 5) is 4.37. The maximum absolute atomic E-state index is 9.54. The van der Waals surface area contributed by atoms with Gasteiger partial charge in [0.25, 0.3) is 0 Å². The molecule has 1 saturated heterocycles. The highest BCUT2D eigenvalue weighted by molar-refractivity contribution is 5.70. The number of rotatable bonds is 2. The number of nitrogens with zero attached hydrogens (tertiary/aromatic N) is 2. The molecular formula is C17H17N3O2. The quantitative estimate of drug-likeness (QED) is 0.888. The normalized spacial score (nSPS) is 17.4. The molecule has 5 nitrogen and oxygen atoms in total. The summed E-state index contributed by atoms with van der Waals surface area (Å²) in [5, 5.41) is 18.9. The molecule has 2 heterocycles. The van der Waals surface area contributed by atoms with Crippen LogP contribution in [-0.2, 0) is 4.74 Å². The van der Waals surface area contributed by atoms with Gasteiger partial charge in [-0.25, -0.2) is 4.98 Å². The minimum absolute atomic E-state index is 0.177. The van der Waals surface area contributed by atoms with Gasteiger partial charge in [-0.2, -0.15) is 5.26 Å². The van der Waals surface area contributed by atoms with Crippen molar-refractivity contribution >= 4 is 5.82 Å². The lowest BCUT2D eigenvalue weighted by Crippen LogP contribution is -2.07. The molecule has 0 aliphatic carbocycles. The molecule has 5 heteroatoms. The first-order valence-electron chi connectivity index (χ1n) is 7.18. The number of anilines is 1. The van der Waals surface area contributed by atoms with Crippen LogP contribution in [0.3, 0.4) is 0 Å². The second-order valence-corrected chi connectivity index (χ2v) is 5.53. The lowest BCUT2D eigenvalue weighted by atomic mass is 9.92. The Balaban J connectivity index is 2.15. The van der Waals surface area contributed by atoms with Gasteiger partial charge in [-0.05, 0) is 48.7 Å². The van der Waals surface area contributed by atoms with Crippen LogP contribution in [0.2, 0.25) is 0 Å². The molecule has 3 N–H and O–H groups in total. The molecule has 0 spiro atoms. The van der Waals surface area contributed by atoms with E-state index in [2.05, 4.69) is 11.1 Å². The van der Waals surface area contributed by atoms with Gasteiger partial charge in [0.1, 0.15) is 17.6 Å². The van der Waals surface area contributed by atoms with Crippen molar-refractivity contribution in [1.82, 2.24) is 4.98 Å². The molecule has 0 bridgehead atoms. The topological polar surface area (TPSA) is 92.2 Å². The van der Waals surface area contributed by atoms with Crippen molar-refractivity contribution in [3.05, 3.63) is 41.0 Å². The third-order valence-electron chi connectivity index (χ3n) is 4.05. The van der Waals surface area contributed by atoms with E-state index >= 15 is 0 Å². The van der Waals surface area contributed by atoms with E-state index in [0.29, 0.717) is 18.8 Å². The fourth-order valence-corrected chi connectivity index (χ4v) is 2.88. The number of phenols is 1. The number of benzene rings is 1. The van der Waals surface area contributed by atoms with Crippen molar-refractivity contribution in [2.45, 2.75) is 19.3 Å². The molecule has 0 amide bonds. The summed E-state index contributed by atoms with van der Waals surface area (Å²) >= 11 is 0. The number of hydrogen-bond acceptors (Lipinski definition) is 5. The van der Waals surface area contributed by atoms with Gasteiger partial charge >= 0.3 is 0 Å². The lowest BCUT2D eigenvalue weighted by Gasteiger charge is -2.15. The van der Waals surface area contributed by atoms with Crippen LogP contribution in [0.25, 0.3) is 11.3 Å². The third-order valence-corrected chi connectivity index (χ3v) is 4.05. The van der Waals surface area contributed by atoms with E-state index in [9.17, 15) is 10.4 Å². The van der Waals surface area contributed by atoms with Crippen molar-refractivity contribution in [2.24, 2.45) is 0 Å². The van der Waals surface area contributed by atoms with Gasteiger partial charge < -0.3 is 15.6 Å². The first-order valence-corrected chi connectivity index (χ1v) is 7.18. The maximum Gasteiger partial charge on any atom is 0.142 e. The second-order valence-electron chi connectivity index (χ2n) is 5.53. The molecule has 2 aromatic rings. The Morgan fingerprint density at radius 2 is 2.23 bits per heavy atom. The van der Waals surface area contributed by atoms with Gasteiger partial charge in [0, 0.05) is 18.1 Å². The van der Waals surface area contributed by atoms with Crippen LogP contribution >= 0.6 is 0 Å². The monoisotopic (exact) mass is 295 g/mol. The minimum Gasteiger partial charge on any atom is -0.508 e. The van der Waals surface area contributed by atoms with Gasteiger partial charge in [0.05, 0.1) is 17.9 Å². The molecule has 1 aromatic carbocycles. The number of nitrogen functional groups attached to an aromatic ring is 1. The molecule has 0 radical (unpaired) electrons. The van der Waals surface area contributed by atoms with E-state index in [-0.39, 0.29) is 17.5 Å². The van der Waals surface area contributed by atoms with Gasteiger partial charge in [-0.15, -0.1) is 0 Å². The van der Waals surface area contributed by atoms with E-state index in [1.165, 1.54) is 0 Å². The van der Waals surface area contributed by atoms with Crippen LogP contribution in [0.5, 0.6) is 5.75 Å². The van der Waals surface area contributed by atoms with E-state index in [4.69, 9.17) is 10.5 Å². The Bertz CT molecular complexity index is 759. The molecular weight excluding hydrogens is 278 g/mol. The summed E-state index contributed by atoms with van der Waals surface area (Å²) in [7, 11) is 0. The van der Waals surface area contributed by atoms with Crippen LogP contribution < -0.4 is 5.73 Å². The van der Waals surface area contributed by atoms with Gasteiger partial charge in [0.15, 0.2) is 0 Å². The minimum atomic E-state index is 0.177. The van der Waals surface area contributed by atoms with Crippen LogP contribution in [0.4, 0.5) is 5.82 Å². The Morgan fingerprint density at radius 3 is 2.86 bits per heavy atom. The van der Waals surface area contributed by atoms with Gasteiger partial charge in [0.2, 0.25) is 0 Å². The number of aromatic nitrogens is 1. The molecule has 1 atom stereocenters. The SMILES string of the molecule is Cc1cc(O)ccc1-c1cc([C@H]2CCOC2)c(C#N)c(N)n1. The van der Waals surface area contributed by atoms with Crippen molar-refractivity contribution in [2.75, 3.05) is 18.9 Å². The van der Waals surface area contributed by atoms with Gasteiger partial charge in [-0.1, -0.05) is 0 Å². The standard InChI is InChI=1S/C17H17N3O2/c1-10-6-12(21)2-3-13(10)16-7-14(11-4-5-22-9-11)15(8-18)17(19)20-16/h2-3,6-7,11,21H,4-5,9H2,1H3,(H2,19,20)/t11-/m0/s1. The molecule has 1 aliphatic rings. The van der Waals surface area contributed by atoms with E-state index in [1.807, 2.05) is 19.1 Å². The number of hydrogen-bond donors (Lipinski definition) is 2. The summed E-state index contributed by atoms with van der Waals surface area (Å²) in [5.74, 6) is 0.637. The van der Waals surface area contributed by atoms with E-state index < -0.39 is 0 Å². The molecule has 0 unspecified atom stereocenters. The predicted octanol–water partition coefficient (Wildman–Crippen LogP) is 2.72. The molecule has 112 valence electrons. The average Bonchev–Trinajstić information content (AvgIpc) is 3.00. The number of aromatic hydroxyl groups is 1. The maximum atomic E-state index is 9.54. The molecule has 3 rings (SSSR count). The second kappa shape index (κ2) is 5.66. The van der Waals surface area contributed by atoms with Crippen LogP contribution in [-0.4, -0.2) is 23.3 Å². The summed E-state index contributed by atoms with van der Waals surface area (Å²) in [6.07, 6.45) is 0.881. The molecule has 1 aromatic heterocycles. The van der Waals surface area contributed by atoms with Gasteiger partial charge in [-0.3, -0.25) is 0 Å². The Labute approximate surface area is 129 Å². The van der Waals surface area contributed by atoms with Crippen LogP contribution in [0, 0.1) is 18.3 Å². The highest BCUT2D eigenvalue weighted by atomic mass is 16.5. The number of phenolic OH excluding ortho intramolecular Hbond substituents is 1. The highest BCUT2D eigenvalue weighted by Gasteiger charge is 2.24. The number of aryl methyl sites for hydroxylation is 1. The zero-order chi connectivity index (χ0) is 15.7. The summed E-state index contributed by atoms with van der Waals surface area (Å²) in [5.41, 5.74) is 9.86. The Kier molecular flexibility index (Phi) is 3.70. The number of pyridine rings is 1. The Hall–Kier alpha value is -2.58. The zero-order valence-corrected chi connectivity index (χ0v) is 12.3. The van der Waals surface area contributed by atoms with E-state index in [0.717, 1.165) is 28.8 Å². The molecule has 1 fully saturated rings. The first-order chi connectivity index (χ1) is 10.6. The number of ether oxygens (including phenoxy) is 1. The van der Waals surface area contributed by atoms with E-state index in [1.54, 1.807) is 12.1 Å². The molecule has 22 heavy (non-hydrogen) atoms. The van der Waals surface area contributed by atoms with Crippen LogP contribution in [0.1, 0.15) is 29.0 Å². The predicted molar refractivity (Wildman–Crippen MR) is 83.4 cm³/mol. The van der Waals surface area contributed by atoms with Crippen molar-refractivity contribution in [3.8, 4) is 23.1 Å². The van der Waals surface area contributed by atoms with Crippen molar-refractivity contribution < 1.29 is 9.84 Å². The Morgan fingerprint density at radius 1 is 1.41 bits per heavy atom. The highest BCUT2D eigenvalue weighted by Crippen LogP contribution is 2.34. The zero-order valence-electron chi connectivity index (χ0n) is 12.3. The number of nitriles is 1. The fraction of sp³-hybridized carbons (Fsp3) is 0.294. The first kappa shape index (κ1) is 14.4.